The lowest BCUT2D eigenvalue weighted by molar-refractivity contribution is 0.414. The van der Waals surface area contributed by atoms with Crippen LogP contribution in [0.3, 0.4) is 0 Å². The van der Waals surface area contributed by atoms with Crippen molar-refractivity contribution in [3.05, 3.63) is 54.1 Å². The van der Waals surface area contributed by atoms with Crippen LogP contribution >= 0.6 is 11.8 Å². The Bertz CT molecular complexity index is 488. The second kappa shape index (κ2) is 7.25. The molecular formula is C17H20OS. The maximum Gasteiger partial charge on any atom is 0.118 e. The Labute approximate surface area is 120 Å². The van der Waals surface area contributed by atoms with Gasteiger partial charge in [-0.25, -0.2) is 0 Å². The Morgan fingerprint density at radius 3 is 2.00 bits per heavy atom. The number of rotatable bonds is 6. The minimum atomic E-state index is 0.902. The van der Waals surface area contributed by atoms with Crippen LogP contribution in [0.4, 0.5) is 0 Å². The zero-order chi connectivity index (χ0) is 13.5. The summed E-state index contributed by atoms with van der Waals surface area (Å²) in [5, 5.41) is 0. The van der Waals surface area contributed by atoms with Gasteiger partial charge in [-0.1, -0.05) is 37.2 Å². The van der Waals surface area contributed by atoms with Crippen LogP contribution < -0.4 is 4.74 Å². The summed E-state index contributed by atoms with van der Waals surface area (Å²) in [4.78, 5) is 2.52. The van der Waals surface area contributed by atoms with Crippen molar-refractivity contribution < 1.29 is 4.74 Å². The summed E-state index contributed by atoms with van der Waals surface area (Å²) >= 11 is 1.78. The third kappa shape index (κ3) is 4.32. The normalized spacial score (nSPS) is 10.4. The quantitative estimate of drug-likeness (QED) is 0.715. The van der Waals surface area contributed by atoms with Crippen LogP contribution in [0.25, 0.3) is 0 Å². The van der Waals surface area contributed by atoms with Crippen LogP contribution in [0.15, 0.2) is 58.3 Å². The van der Waals surface area contributed by atoms with Crippen molar-refractivity contribution in [3.63, 3.8) is 0 Å². The zero-order valence-electron chi connectivity index (χ0n) is 11.6. The first-order valence-corrected chi connectivity index (χ1v) is 7.54. The molecule has 2 rings (SSSR count). The summed E-state index contributed by atoms with van der Waals surface area (Å²) in [7, 11) is 1.69. The van der Waals surface area contributed by atoms with E-state index in [1.807, 2.05) is 12.1 Å². The molecule has 19 heavy (non-hydrogen) atoms. The van der Waals surface area contributed by atoms with E-state index in [0.717, 1.165) is 5.75 Å². The number of hydrogen-bond acceptors (Lipinski definition) is 2. The van der Waals surface area contributed by atoms with Gasteiger partial charge in [0.2, 0.25) is 0 Å². The maximum absolute atomic E-state index is 5.16. The van der Waals surface area contributed by atoms with Crippen molar-refractivity contribution in [1.82, 2.24) is 0 Å². The molecule has 0 atom stereocenters. The summed E-state index contributed by atoms with van der Waals surface area (Å²) < 4.78 is 5.16. The molecule has 100 valence electrons. The van der Waals surface area contributed by atoms with Crippen molar-refractivity contribution in [2.75, 3.05) is 7.11 Å². The first-order chi connectivity index (χ1) is 9.31. The number of ether oxygens (including phenoxy) is 1. The van der Waals surface area contributed by atoms with Crippen molar-refractivity contribution in [2.45, 2.75) is 36.0 Å². The highest BCUT2D eigenvalue weighted by Gasteiger charge is 1.99. The van der Waals surface area contributed by atoms with Crippen molar-refractivity contribution in [1.29, 1.82) is 0 Å². The van der Waals surface area contributed by atoms with E-state index in [-0.39, 0.29) is 0 Å². The number of unbranched alkanes of at least 4 members (excludes halogenated alkanes) is 1. The predicted molar refractivity (Wildman–Crippen MR) is 82.2 cm³/mol. The molecular weight excluding hydrogens is 252 g/mol. The second-order valence-electron chi connectivity index (χ2n) is 4.53. The summed E-state index contributed by atoms with van der Waals surface area (Å²) in [5.41, 5.74) is 1.43. The molecule has 0 aliphatic rings. The molecule has 0 saturated heterocycles. The first kappa shape index (κ1) is 14.0. The summed E-state index contributed by atoms with van der Waals surface area (Å²) in [6.45, 7) is 2.23. The summed E-state index contributed by atoms with van der Waals surface area (Å²) in [6, 6.07) is 17.1. The van der Waals surface area contributed by atoms with Gasteiger partial charge in [0.15, 0.2) is 0 Å². The first-order valence-electron chi connectivity index (χ1n) is 6.72. The van der Waals surface area contributed by atoms with Gasteiger partial charge in [-0.2, -0.15) is 0 Å². The number of aryl methyl sites for hydroxylation is 1. The monoisotopic (exact) mass is 272 g/mol. The Kier molecular flexibility index (Phi) is 5.34. The van der Waals surface area contributed by atoms with Crippen LogP contribution in [-0.4, -0.2) is 7.11 Å². The van der Waals surface area contributed by atoms with E-state index < -0.39 is 0 Å². The van der Waals surface area contributed by atoms with E-state index in [1.165, 1.54) is 34.6 Å². The number of methoxy groups -OCH3 is 1. The fraction of sp³-hybridized carbons (Fsp3) is 0.294. The van der Waals surface area contributed by atoms with Crippen molar-refractivity contribution in [2.24, 2.45) is 0 Å². The Hall–Kier alpha value is -1.41. The fourth-order valence-corrected chi connectivity index (χ4v) is 2.70. The molecule has 0 fully saturated rings. The third-order valence-electron chi connectivity index (χ3n) is 3.04. The van der Waals surface area contributed by atoms with Gasteiger partial charge in [0.05, 0.1) is 7.11 Å². The molecule has 0 aliphatic heterocycles. The van der Waals surface area contributed by atoms with E-state index in [2.05, 4.69) is 43.3 Å². The van der Waals surface area contributed by atoms with Gasteiger partial charge in [-0.05, 0) is 54.8 Å². The Balaban J connectivity index is 1.98. The fourth-order valence-electron chi connectivity index (χ4n) is 1.88. The van der Waals surface area contributed by atoms with Crippen LogP contribution in [-0.2, 0) is 6.42 Å². The van der Waals surface area contributed by atoms with E-state index in [9.17, 15) is 0 Å². The van der Waals surface area contributed by atoms with E-state index >= 15 is 0 Å². The molecule has 0 aliphatic carbocycles. The van der Waals surface area contributed by atoms with Gasteiger partial charge in [-0.3, -0.25) is 0 Å². The summed E-state index contributed by atoms with van der Waals surface area (Å²) in [6.07, 6.45) is 3.71. The molecule has 0 aromatic heterocycles. The molecule has 0 radical (unpaired) electrons. The average Bonchev–Trinajstić information content (AvgIpc) is 2.47. The van der Waals surface area contributed by atoms with Gasteiger partial charge in [-0.15, -0.1) is 0 Å². The molecule has 1 nitrogen and oxygen atoms in total. The summed E-state index contributed by atoms with van der Waals surface area (Å²) in [5.74, 6) is 0.902. The number of hydrogen-bond donors (Lipinski definition) is 0. The number of benzene rings is 2. The maximum atomic E-state index is 5.16. The van der Waals surface area contributed by atoms with Crippen molar-refractivity contribution in [3.8, 4) is 5.75 Å². The minimum absolute atomic E-state index is 0.902. The molecule has 0 bridgehead atoms. The zero-order valence-corrected chi connectivity index (χ0v) is 12.4. The minimum Gasteiger partial charge on any atom is -0.497 e. The Morgan fingerprint density at radius 2 is 1.47 bits per heavy atom. The lowest BCUT2D eigenvalue weighted by Gasteiger charge is -2.05. The highest BCUT2D eigenvalue weighted by molar-refractivity contribution is 7.99. The predicted octanol–water partition coefficient (Wildman–Crippen LogP) is 5.19. The highest BCUT2D eigenvalue weighted by atomic mass is 32.2. The Morgan fingerprint density at radius 1 is 0.895 bits per heavy atom. The molecule has 0 heterocycles. The molecule has 0 unspecified atom stereocenters. The van der Waals surface area contributed by atoms with E-state index in [4.69, 9.17) is 4.74 Å². The van der Waals surface area contributed by atoms with Crippen molar-refractivity contribution >= 4 is 11.8 Å². The lowest BCUT2D eigenvalue weighted by atomic mass is 10.1. The lowest BCUT2D eigenvalue weighted by Crippen LogP contribution is -1.84. The van der Waals surface area contributed by atoms with Gasteiger partial charge in [0.25, 0.3) is 0 Å². The average molecular weight is 272 g/mol. The van der Waals surface area contributed by atoms with Gasteiger partial charge in [0.1, 0.15) is 5.75 Å². The van der Waals surface area contributed by atoms with Crippen LogP contribution in [0.1, 0.15) is 25.3 Å². The topological polar surface area (TPSA) is 9.23 Å². The molecule has 0 spiro atoms. The molecule has 2 aromatic rings. The highest BCUT2D eigenvalue weighted by Crippen LogP contribution is 2.29. The molecule has 0 N–H and O–H groups in total. The van der Waals surface area contributed by atoms with Gasteiger partial charge < -0.3 is 4.74 Å². The molecule has 0 amide bonds. The smallest absolute Gasteiger partial charge is 0.118 e. The van der Waals surface area contributed by atoms with Crippen LogP contribution in [0.5, 0.6) is 5.75 Å². The van der Waals surface area contributed by atoms with Gasteiger partial charge in [0, 0.05) is 9.79 Å². The SMILES string of the molecule is CCCCc1ccc(Sc2ccc(OC)cc2)cc1. The molecule has 2 aromatic carbocycles. The van der Waals surface area contributed by atoms with Crippen LogP contribution in [0, 0.1) is 0 Å². The second-order valence-corrected chi connectivity index (χ2v) is 5.67. The third-order valence-corrected chi connectivity index (χ3v) is 4.05. The van der Waals surface area contributed by atoms with Crippen LogP contribution in [0.2, 0.25) is 0 Å². The van der Waals surface area contributed by atoms with E-state index in [1.54, 1.807) is 18.9 Å². The van der Waals surface area contributed by atoms with Gasteiger partial charge >= 0.3 is 0 Å². The molecule has 2 heteroatoms. The van der Waals surface area contributed by atoms with E-state index in [0.29, 0.717) is 0 Å². The standard InChI is InChI=1S/C17H20OS/c1-3-4-5-14-6-10-16(11-7-14)19-17-12-8-15(18-2)9-13-17/h6-13H,3-5H2,1-2H3. The molecule has 0 saturated carbocycles. The largest absolute Gasteiger partial charge is 0.497 e.